The Bertz CT molecular complexity index is 1280. The monoisotopic (exact) mass is 511 g/mol. The first kappa shape index (κ1) is 24.1. The molecule has 2 N–H and O–H groups in total. The molecule has 0 atom stereocenters. The third-order valence-corrected chi connectivity index (χ3v) is 6.56. The Labute approximate surface area is 212 Å². The molecule has 174 valence electrons. The molecule has 0 spiro atoms. The van der Waals surface area contributed by atoms with E-state index in [2.05, 4.69) is 46.0 Å². The number of thioether (sulfide) groups is 1. The summed E-state index contributed by atoms with van der Waals surface area (Å²) >= 11 is 14.3. The maximum Gasteiger partial charge on any atom is 0.315 e. The van der Waals surface area contributed by atoms with Gasteiger partial charge in [0.15, 0.2) is 11.0 Å². The van der Waals surface area contributed by atoms with Gasteiger partial charge >= 0.3 is 6.03 Å². The molecule has 4 rings (SSSR count). The van der Waals surface area contributed by atoms with Gasteiger partial charge in [-0.15, -0.1) is 10.2 Å². The van der Waals surface area contributed by atoms with Crippen molar-refractivity contribution in [3.8, 4) is 5.69 Å². The number of carbonyl (C=O) groups is 1. The lowest BCUT2D eigenvalue weighted by Crippen LogP contribution is -2.35. The second-order valence-electron chi connectivity index (χ2n) is 7.63. The lowest BCUT2D eigenvalue weighted by Gasteiger charge is -2.13. The van der Waals surface area contributed by atoms with Crippen LogP contribution in [0, 0.1) is 6.92 Å². The van der Waals surface area contributed by atoms with Gasteiger partial charge < -0.3 is 10.6 Å². The molecule has 0 bridgehead atoms. The number of aryl methyl sites for hydroxylation is 1. The zero-order valence-corrected chi connectivity index (χ0v) is 20.8. The first-order chi connectivity index (χ1) is 16.5. The number of nitrogens with zero attached hydrogens (tertiary/aromatic N) is 3. The SMILES string of the molecule is Cc1cccc(CSc2nnc(CNC(=O)NCc3ccccc3)n2-c2cc(Cl)ccc2Cl)c1. The number of amides is 2. The van der Waals surface area contributed by atoms with E-state index in [4.69, 9.17) is 23.2 Å². The number of rotatable bonds is 8. The summed E-state index contributed by atoms with van der Waals surface area (Å²) in [6.45, 7) is 2.66. The highest BCUT2D eigenvalue weighted by Gasteiger charge is 2.18. The quantitative estimate of drug-likeness (QED) is 0.277. The molecule has 1 heterocycles. The van der Waals surface area contributed by atoms with E-state index in [9.17, 15) is 4.79 Å². The summed E-state index contributed by atoms with van der Waals surface area (Å²) in [6, 6.07) is 23.0. The number of hydrogen-bond donors (Lipinski definition) is 2. The molecule has 9 heteroatoms. The number of carbonyl (C=O) groups excluding carboxylic acids is 1. The molecule has 0 saturated heterocycles. The van der Waals surface area contributed by atoms with Crippen molar-refractivity contribution >= 4 is 41.0 Å². The van der Waals surface area contributed by atoms with E-state index in [0.29, 0.717) is 39.0 Å². The van der Waals surface area contributed by atoms with Crippen molar-refractivity contribution in [3.05, 3.63) is 105 Å². The Balaban J connectivity index is 1.52. The molecule has 0 fully saturated rings. The van der Waals surface area contributed by atoms with Crippen molar-refractivity contribution in [3.63, 3.8) is 0 Å². The maximum absolute atomic E-state index is 12.4. The van der Waals surface area contributed by atoms with Crippen LogP contribution in [0.1, 0.15) is 22.5 Å². The van der Waals surface area contributed by atoms with Crippen LogP contribution in [-0.4, -0.2) is 20.8 Å². The van der Waals surface area contributed by atoms with Gasteiger partial charge in [0.1, 0.15) is 0 Å². The molecular weight excluding hydrogens is 489 g/mol. The number of nitrogens with one attached hydrogen (secondary N) is 2. The molecule has 4 aromatic rings. The fraction of sp³-hybridized carbons (Fsp3) is 0.160. The molecule has 0 aliphatic carbocycles. The van der Waals surface area contributed by atoms with Crippen LogP contribution >= 0.6 is 35.0 Å². The lowest BCUT2D eigenvalue weighted by molar-refractivity contribution is 0.240. The molecular formula is C25H23Cl2N5OS. The Hall–Kier alpha value is -3.00. The number of halogens is 2. The summed E-state index contributed by atoms with van der Waals surface area (Å²) in [4.78, 5) is 12.4. The van der Waals surface area contributed by atoms with E-state index >= 15 is 0 Å². The van der Waals surface area contributed by atoms with Gasteiger partial charge in [0, 0.05) is 17.3 Å². The fourth-order valence-electron chi connectivity index (χ4n) is 3.36. The number of hydrogen-bond acceptors (Lipinski definition) is 4. The van der Waals surface area contributed by atoms with E-state index in [0.717, 1.165) is 5.56 Å². The van der Waals surface area contributed by atoms with E-state index < -0.39 is 0 Å². The largest absolute Gasteiger partial charge is 0.334 e. The third kappa shape index (κ3) is 6.32. The Morgan fingerprint density at radius 1 is 0.912 bits per heavy atom. The molecule has 2 amide bonds. The van der Waals surface area contributed by atoms with E-state index in [1.165, 1.54) is 11.1 Å². The predicted molar refractivity (Wildman–Crippen MR) is 138 cm³/mol. The van der Waals surface area contributed by atoms with Crippen molar-refractivity contribution in [1.29, 1.82) is 0 Å². The van der Waals surface area contributed by atoms with Crippen LogP contribution in [-0.2, 0) is 18.8 Å². The Morgan fingerprint density at radius 2 is 1.68 bits per heavy atom. The smallest absolute Gasteiger partial charge is 0.315 e. The number of urea groups is 1. The van der Waals surface area contributed by atoms with E-state index in [-0.39, 0.29) is 12.6 Å². The van der Waals surface area contributed by atoms with Gasteiger partial charge in [0.2, 0.25) is 0 Å². The second kappa shape index (κ2) is 11.4. The van der Waals surface area contributed by atoms with Crippen LogP contribution in [0.4, 0.5) is 4.79 Å². The van der Waals surface area contributed by atoms with Crippen LogP contribution < -0.4 is 10.6 Å². The first-order valence-corrected chi connectivity index (χ1v) is 12.4. The van der Waals surface area contributed by atoms with Crippen LogP contribution in [0.3, 0.4) is 0 Å². The van der Waals surface area contributed by atoms with Crippen molar-refractivity contribution in [2.45, 2.75) is 30.9 Å². The lowest BCUT2D eigenvalue weighted by atomic mass is 10.2. The Morgan fingerprint density at radius 3 is 2.47 bits per heavy atom. The topological polar surface area (TPSA) is 71.8 Å². The van der Waals surface area contributed by atoms with Gasteiger partial charge in [-0.25, -0.2) is 4.79 Å². The van der Waals surface area contributed by atoms with Gasteiger partial charge in [-0.3, -0.25) is 4.57 Å². The zero-order chi connectivity index (χ0) is 23.9. The van der Waals surface area contributed by atoms with Crippen LogP contribution in [0.25, 0.3) is 5.69 Å². The highest BCUT2D eigenvalue weighted by atomic mass is 35.5. The minimum atomic E-state index is -0.301. The average Bonchev–Trinajstić information content (AvgIpc) is 3.25. The van der Waals surface area contributed by atoms with Crippen molar-refractivity contribution in [1.82, 2.24) is 25.4 Å². The van der Waals surface area contributed by atoms with Gasteiger partial charge in [-0.2, -0.15) is 0 Å². The Kier molecular flexibility index (Phi) is 8.11. The second-order valence-corrected chi connectivity index (χ2v) is 9.42. The highest BCUT2D eigenvalue weighted by molar-refractivity contribution is 7.98. The van der Waals surface area contributed by atoms with Crippen molar-refractivity contribution < 1.29 is 4.79 Å². The third-order valence-electron chi connectivity index (χ3n) is 5.00. The molecule has 0 aliphatic heterocycles. The molecule has 3 aromatic carbocycles. The minimum Gasteiger partial charge on any atom is -0.334 e. The summed E-state index contributed by atoms with van der Waals surface area (Å²) in [7, 11) is 0. The normalized spacial score (nSPS) is 10.8. The summed E-state index contributed by atoms with van der Waals surface area (Å²) in [5, 5.41) is 16.1. The zero-order valence-electron chi connectivity index (χ0n) is 18.5. The molecule has 6 nitrogen and oxygen atoms in total. The molecule has 0 aliphatic rings. The van der Waals surface area contributed by atoms with Gasteiger partial charge in [0.05, 0.1) is 17.3 Å². The van der Waals surface area contributed by atoms with Crippen molar-refractivity contribution in [2.75, 3.05) is 0 Å². The predicted octanol–water partition coefficient (Wildman–Crippen LogP) is 6.17. The minimum absolute atomic E-state index is 0.168. The summed E-state index contributed by atoms with van der Waals surface area (Å²) < 4.78 is 1.84. The molecule has 34 heavy (non-hydrogen) atoms. The maximum atomic E-state index is 12.4. The fourth-order valence-corrected chi connectivity index (χ4v) is 4.63. The van der Waals surface area contributed by atoms with Gasteiger partial charge in [-0.05, 0) is 36.2 Å². The number of benzene rings is 3. The standard InChI is InChI=1S/C25H23Cl2N5OS/c1-17-6-5-9-19(12-17)16-34-25-31-30-23(32(25)22-13-20(26)10-11-21(22)27)15-29-24(33)28-14-18-7-3-2-4-8-18/h2-13H,14-16H2,1H3,(H2,28,29,33). The summed E-state index contributed by atoms with van der Waals surface area (Å²) in [5.74, 6) is 1.26. The van der Waals surface area contributed by atoms with Gasteiger partial charge in [-0.1, -0.05) is 95.1 Å². The first-order valence-electron chi connectivity index (χ1n) is 10.6. The van der Waals surface area contributed by atoms with E-state index in [1.54, 1.807) is 30.0 Å². The van der Waals surface area contributed by atoms with Crippen molar-refractivity contribution in [2.24, 2.45) is 0 Å². The van der Waals surface area contributed by atoms with Crippen LogP contribution in [0.5, 0.6) is 0 Å². The summed E-state index contributed by atoms with van der Waals surface area (Å²) in [6.07, 6.45) is 0. The molecule has 0 radical (unpaired) electrons. The molecule has 1 aromatic heterocycles. The molecule has 0 unspecified atom stereocenters. The van der Waals surface area contributed by atoms with Crippen LogP contribution in [0.2, 0.25) is 10.0 Å². The number of aromatic nitrogens is 3. The summed E-state index contributed by atoms with van der Waals surface area (Å²) in [5.41, 5.74) is 4.05. The molecule has 0 saturated carbocycles. The van der Waals surface area contributed by atoms with E-state index in [1.807, 2.05) is 41.0 Å². The van der Waals surface area contributed by atoms with Gasteiger partial charge in [0.25, 0.3) is 0 Å². The highest BCUT2D eigenvalue weighted by Crippen LogP contribution is 2.31. The average molecular weight is 512 g/mol. The van der Waals surface area contributed by atoms with Crippen LogP contribution in [0.15, 0.2) is 78.0 Å².